The van der Waals surface area contributed by atoms with Gasteiger partial charge in [-0.1, -0.05) is 18.2 Å². The zero-order valence-electron chi connectivity index (χ0n) is 17.0. The smallest absolute Gasteiger partial charge is 0.218 e. The molecule has 1 N–H and O–H groups in total. The van der Waals surface area contributed by atoms with E-state index < -0.39 is 0 Å². The molecule has 2 aromatic rings. The van der Waals surface area contributed by atoms with Gasteiger partial charge in [0.05, 0.1) is 26.3 Å². The number of morpholine rings is 1. The summed E-state index contributed by atoms with van der Waals surface area (Å²) in [5.74, 6) is 1.15. The predicted molar refractivity (Wildman–Crippen MR) is 122 cm³/mol. The van der Waals surface area contributed by atoms with E-state index in [0.717, 1.165) is 30.2 Å². The van der Waals surface area contributed by atoms with Crippen molar-refractivity contribution in [1.29, 1.82) is 0 Å². The van der Waals surface area contributed by atoms with Crippen molar-refractivity contribution >= 4 is 29.9 Å². The Bertz CT molecular complexity index is 804. The first-order chi connectivity index (χ1) is 13.6. The van der Waals surface area contributed by atoms with Gasteiger partial charge < -0.3 is 19.7 Å². The average molecular weight is 514 g/mol. The van der Waals surface area contributed by atoms with Gasteiger partial charge in [-0.2, -0.15) is 0 Å². The maximum Gasteiger partial charge on any atom is 0.218 e. The SMILES string of the molecule is CCNC(=NCc1cccnc1OC)N1CC(C)OC(c2ccc(F)cc2)C1.I. The van der Waals surface area contributed by atoms with Crippen LogP contribution in [0.4, 0.5) is 4.39 Å². The topological polar surface area (TPSA) is 59.0 Å². The van der Waals surface area contributed by atoms with E-state index in [9.17, 15) is 4.39 Å². The van der Waals surface area contributed by atoms with E-state index in [2.05, 4.69) is 15.2 Å². The van der Waals surface area contributed by atoms with Gasteiger partial charge >= 0.3 is 0 Å². The predicted octanol–water partition coefficient (Wildman–Crippen LogP) is 3.77. The van der Waals surface area contributed by atoms with Crippen molar-refractivity contribution in [2.45, 2.75) is 32.6 Å². The zero-order chi connectivity index (χ0) is 19.9. The first-order valence-electron chi connectivity index (χ1n) is 9.52. The molecule has 0 aliphatic carbocycles. The van der Waals surface area contributed by atoms with Gasteiger partial charge in [0.25, 0.3) is 0 Å². The number of halogens is 2. The van der Waals surface area contributed by atoms with Crippen LogP contribution in [0.5, 0.6) is 5.88 Å². The molecule has 0 saturated carbocycles. The summed E-state index contributed by atoms with van der Waals surface area (Å²) in [6.45, 7) is 6.68. The first kappa shape index (κ1) is 23.3. The third kappa shape index (κ3) is 6.27. The van der Waals surface area contributed by atoms with Crippen molar-refractivity contribution in [2.24, 2.45) is 4.99 Å². The second-order valence-corrected chi connectivity index (χ2v) is 6.73. The van der Waals surface area contributed by atoms with Crippen LogP contribution in [0.25, 0.3) is 0 Å². The van der Waals surface area contributed by atoms with Gasteiger partial charge in [0.2, 0.25) is 5.88 Å². The quantitative estimate of drug-likeness (QED) is 0.374. The van der Waals surface area contributed by atoms with Crippen molar-refractivity contribution in [3.8, 4) is 5.88 Å². The highest BCUT2D eigenvalue weighted by Gasteiger charge is 2.28. The van der Waals surface area contributed by atoms with Crippen molar-refractivity contribution in [1.82, 2.24) is 15.2 Å². The van der Waals surface area contributed by atoms with Gasteiger partial charge in [-0.15, -0.1) is 24.0 Å². The van der Waals surface area contributed by atoms with Gasteiger partial charge in [0.15, 0.2) is 5.96 Å². The lowest BCUT2D eigenvalue weighted by molar-refractivity contribution is -0.0605. The monoisotopic (exact) mass is 514 g/mol. The summed E-state index contributed by atoms with van der Waals surface area (Å²) in [4.78, 5) is 11.2. The maximum absolute atomic E-state index is 13.3. The minimum Gasteiger partial charge on any atom is -0.481 e. The number of ether oxygens (including phenoxy) is 2. The summed E-state index contributed by atoms with van der Waals surface area (Å²) in [5, 5.41) is 3.36. The Morgan fingerprint density at radius 3 is 2.76 bits per heavy atom. The summed E-state index contributed by atoms with van der Waals surface area (Å²) in [6, 6.07) is 10.3. The molecule has 158 valence electrons. The number of pyridine rings is 1. The molecule has 1 aliphatic heterocycles. The van der Waals surface area contributed by atoms with Gasteiger partial charge in [0.1, 0.15) is 11.9 Å². The molecule has 1 aromatic heterocycles. The van der Waals surface area contributed by atoms with Crippen molar-refractivity contribution in [2.75, 3.05) is 26.7 Å². The molecule has 6 nitrogen and oxygen atoms in total. The number of methoxy groups -OCH3 is 1. The van der Waals surface area contributed by atoms with Gasteiger partial charge in [-0.05, 0) is 37.6 Å². The van der Waals surface area contributed by atoms with E-state index >= 15 is 0 Å². The lowest BCUT2D eigenvalue weighted by atomic mass is 10.1. The lowest BCUT2D eigenvalue weighted by Gasteiger charge is -2.38. The minimum absolute atomic E-state index is 0. The molecule has 29 heavy (non-hydrogen) atoms. The molecule has 0 bridgehead atoms. The van der Waals surface area contributed by atoms with Gasteiger partial charge in [-0.3, -0.25) is 0 Å². The average Bonchev–Trinajstić information content (AvgIpc) is 2.71. The molecule has 0 radical (unpaired) electrons. The van der Waals surface area contributed by atoms with Crippen LogP contribution in [-0.2, 0) is 11.3 Å². The molecule has 2 unspecified atom stereocenters. The first-order valence-corrected chi connectivity index (χ1v) is 9.52. The van der Waals surface area contributed by atoms with Crippen LogP contribution in [-0.4, -0.2) is 48.7 Å². The summed E-state index contributed by atoms with van der Waals surface area (Å²) in [6.07, 6.45) is 1.59. The van der Waals surface area contributed by atoms with E-state index in [0.29, 0.717) is 19.0 Å². The Kier molecular flexibility index (Phi) is 9.09. The van der Waals surface area contributed by atoms with Crippen LogP contribution in [0, 0.1) is 5.82 Å². The standard InChI is InChI=1S/C21H27FN4O2.HI/c1-4-23-21(25-12-17-6-5-11-24-20(17)27-3)26-13-15(2)28-19(14-26)16-7-9-18(22)10-8-16;/h5-11,15,19H,4,12-14H2,1-3H3,(H,23,25);1H. The lowest BCUT2D eigenvalue weighted by Crippen LogP contribution is -2.50. The van der Waals surface area contributed by atoms with E-state index in [4.69, 9.17) is 14.5 Å². The minimum atomic E-state index is -0.246. The summed E-state index contributed by atoms with van der Waals surface area (Å²) >= 11 is 0. The van der Waals surface area contributed by atoms with Crippen LogP contribution in [0.15, 0.2) is 47.6 Å². The van der Waals surface area contributed by atoms with E-state index in [1.165, 1.54) is 12.1 Å². The molecule has 0 spiro atoms. The van der Waals surface area contributed by atoms with Crippen LogP contribution in [0.1, 0.15) is 31.1 Å². The van der Waals surface area contributed by atoms with E-state index in [-0.39, 0.29) is 42.0 Å². The number of aliphatic imine (C=N–C) groups is 1. The van der Waals surface area contributed by atoms with Crippen LogP contribution >= 0.6 is 24.0 Å². The fourth-order valence-electron chi connectivity index (χ4n) is 3.30. The van der Waals surface area contributed by atoms with Gasteiger partial charge in [-0.25, -0.2) is 14.4 Å². The Hall–Kier alpha value is -1.94. The van der Waals surface area contributed by atoms with Gasteiger partial charge in [0, 0.05) is 24.8 Å². The molecule has 2 heterocycles. The molecular weight excluding hydrogens is 486 g/mol. The highest BCUT2D eigenvalue weighted by Crippen LogP contribution is 2.25. The maximum atomic E-state index is 13.3. The van der Waals surface area contributed by atoms with Crippen LogP contribution < -0.4 is 10.1 Å². The highest BCUT2D eigenvalue weighted by atomic mass is 127. The Balaban J connectivity index is 0.00000300. The molecule has 3 rings (SSSR count). The molecule has 1 aromatic carbocycles. The Morgan fingerprint density at radius 1 is 1.31 bits per heavy atom. The molecule has 8 heteroatoms. The second-order valence-electron chi connectivity index (χ2n) is 6.73. The van der Waals surface area contributed by atoms with Crippen molar-refractivity contribution in [3.63, 3.8) is 0 Å². The number of guanidine groups is 1. The van der Waals surface area contributed by atoms with Crippen molar-refractivity contribution < 1.29 is 13.9 Å². The largest absolute Gasteiger partial charge is 0.481 e. The normalized spacial score (nSPS) is 19.4. The third-order valence-corrected chi connectivity index (χ3v) is 4.58. The number of hydrogen-bond donors (Lipinski definition) is 1. The molecule has 1 fully saturated rings. The Labute approximate surface area is 188 Å². The summed E-state index contributed by atoms with van der Waals surface area (Å²) in [7, 11) is 1.61. The highest BCUT2D eigenvalue weighted by molar-refractivity contribution is 14.0. The number of nitrogens with one attached hydrogen (secondary N) is 1. The molecule has 1 saturated heterocycles. The van der Waals surface area contributed by atoms with E-state index in [1.807, 2.05) is 26.0 Å². The molecule has 0 amide bonds. The fraction of sp³-hybridized carbons (Fsp3) is 0.429. The number of nitrogens with zero attached hydrogens (tertiary/aromatic N) is 3. The summed E-state index contributed by atoms with van der Waals surface area (Å²) < 4.78 is 24.7. The molecule has 2 atom stereocenters. The molecule has 1 aliphatic rings. The Morgan fingerprint density at radius 2 is 2.07 bits per heavy atom. The number of benzene rings is 1. The van der Waals surface area contributed by atoms with Crippen molar-refractivity contribution in [3.05, 3.63) is 59.5 Å². The fourth-order valence-corrected chi connectivity index (χ4v) is 3.30. The third-order valence-electron chi connectivity index (χ3n) is 4.58. The zero-order valence-corrected chi connectivity index (χ0v) is 19.3. The van der Waals surface area contributed by atoms with E-state index in [1.54, 1.807) is 25.4 Å². The van der Waals surface area contributed by atoms with Crippen LogP contribution in [0.2, 0.25) is 0 Å². The second kappa shape index (κ2) is 11.3. The summed E-state index contributed by atoms with van der Waals surface area (Å²) in [5.41, 5.74) is 1.89. The molecular formula is C21H28FIN4O2. The number of hydrogen-bond acceptors (Lipinski definition) is 4. The number of aromatic nitrogens is 1. The van der Waals surface area contributed by atoms with Crippen LogP contribution in [0.3, 0.4) is 0 Å². The number of rotatable bonds is 5.